The van der Waals surface area contributed by atoms with Crippen molar-refractivity contribution in [2.24, 2.45) is 0 Å². The van der Waals surface area contributed by atoms with Crippen LogP contribution in [0.3, 0.4) is 0 Å². The van der Waals surface area contributed by atoms with Crippen molar-refractivity contribution in [3.05, 3.63) is 39.8 Å². The SMILES string of the molecule is CCCCCCCCCCCCn1c(C)nc(C(C)C)c1Sc1cc(Cl)cc(Cl)c1. The van der Waals surface area contributed by atoms with E-state index in [4.69, 9.17) is 28.2 Å². The van der Waals surface area contributed by atoms with Crippen LogP contribution in [0.1, 0.15) is 102 Å². The Morgan fingerprint density at radius 1 is 0.867 bits per heavy atom. The van der Waals surface area contributed by atoms with Crippen molar-refractivity contribution in [1.82, 2.24) is 9.55 Å². The van der Waals surface area contributed by atoms with Gasteiger partial charge in [0.05, 0.1) is 5.69 Å². The molecule has 1 heterocycles. The number of benzene rings is 1. The van der Waals surface area contributed by atoms with E-state index in [-0.39, 0.29) is 0 Å². The van der Waals surface area contributed by atoms with Crippen LogP contribution in [0, 0.1) is 6.92 Å². The zero-order valence-electron chi connectivity index (χ0n) is 19.1. The minimum Gasteiger partial charge on any atom is -0.323 e. The zero-order chi connectivity index (χ0) is 21.9. The van der Waals surface area contributed by atoms with Crippen LogP contribution in [0.4, 0.5) is 0 Å². The number of hydrogen-bond donors (Lipinski definition) is 0. The lowest BCUT2D eigenvalue weighted by atomic mass is 10.1. The lowest BCUT2D eigenvalue weighted by Gasteiger charge is -2.13. The van der Waals surface area contributed by atoms with Gasteiger partial charge in [-0.05, 0) is 37.5 Å². The molecule has 0 N–H and O–H groups in total. The molecule has 0 radical (unpaired) electrons. The fourth-order valence-corrected chi connectivity index (χ4v) is 5.74. The second kappa shape index (κ2) is 13.7. The molecule has 0 saturated carbocycles. The highest BCUT2D eigenvalue weighted by Crippen LogP contribution is 2.37. The highest BCUT2D eigenvalue weighted by atomic mass is 35.5. The van der Waals surface area contributed by atoms with Gasteiger partial charge in [-0.15, -0.1) is 0 Å². The molecule has 0 atom stereocenters. The number of aromatic nitrogens is 2. The number of hydrogen-bond acceptors (Lipinski definition) is 2. The van der Waals surface area contributed by atoms with Crippen molar-refractivity contribution in [1.29, 1.82) is 0 Å². The van der Waals surface area contributed by atoms with Gasteiger partial charge in [0.25, 0.3) is 0 Å². The van der Waals surface area contributed by atoms with Crippen LogP contribution in [0.5, 0.6) is 0 Å². The van der Waals surface area contributed by atoms with Gasteiger partial charge in [0.1, 0.15) is 10.9 Å². The van der Waals surface area contributed by atoms with E-state index in [1.54, 1.807) is 17.8 Å². The van der Waals surface area contributed by atoms with E-state index in [9.17, 15) is 0 Å². The summed E-state index contributed by atoms with van der Waals surface area (Å²) in [6.45, 7) is 9.85. The number of rotatable bonds is 14. The van der Waals surface area contributed by atoms with Gasteiger partial charge < -0.3 is 4.57 Å². The third kappa shape index (κ3) is 8.48. The van der Waals surface area contributed by atoms with Crippen molar-refractivity contribution in [3.63, 3.8) is 0 Å². The predicted molar refractivity (Wildman–Crippen MR) is 133 cm³/mol. The molecule has 5 heteroatoms. The highest BCUT2D eigenvalue weighted by molar-refractivity contribution is 7.99. The van der Waals surface area contributed by atoms with E-state index < -0.39 is 0 Å². The van der Waals surface area contributed by atoms with Crippen molar-refractivity contribution in [2.75, 3.05) is 0 Å². The summed E-state index contributed by atoms with van der Waals surface area (Å²) in [5, 5.41) is 2.58. The molecule has 0 aliphatic carbocycles. The molecule has 1 aromatic heterocycles. The maximum Gasteiger partial charge on any atom is 0.106 e. The average Bonchev–Trinajstić information content (AvgIpc) is 2.98. The normalized spacial score (nSPS) is 11.6. The molecule has 0 aliphatic heterocycles. The summed E-state index contributed by atoms with van der Waals surface area (Å²) in [5.74, 6) is 1.49. The molecule has 0 amide bonds. The Balaban J connectivity index is 1.91. The third-order valence-corrected chi connectivity index (χ3v) is 7.00. The first-order valence-corrected chi connectivity index (χ1v) is 13.2. The van der Waals surface area contributed by atoms with E-state index in [2.05, 4.69) is 32.3 Å². The first kappa shape index (κ1) is 25.6. The van der Waals surface area contributed by atoms with Gasteiger partial charge in [0.2, 0.25) is 0 Å². The van der Waals surface area contributed by atoms with Crippen molar-refractivity contribution in [3.8, 4) is 0 Å². The first-order valence-electron chi connectivity index (χ1n) is 11.6. The van der Waals surface area contributed by atoms with Gasteiger partial charge in [-0.2, -0.15) is 0 Å². The number of halogens is 2. The molecule has 168 valence electrons. The molecule has 30 heavy (non-hydrogen) atoms. The van der Waals surface area contributed by atoms with Crippen molar-refractivity contribution >= 4 is 35.0 Å². The number of nitrogens with zero attached hydrogens (tertiary/aromatic N) is 2. The molecule has 2 nitrogen and oxygen atoms in total. The van der Waals surface area contributed by atoms with E-state index in [1.165, 1.54) is 74.9 Å². The molecule has 0 aliphatic rings. The molecule has 0 unspecified atom stereocenters. The van der Waals surface area contributed by atoms with Crippen LogP contribution in [0.2, 0.25) is 10.0 Å². The summed E-state index contributed by atoms with van der Waals surface area (Å²) in [6.07, 6.45) is 13.5. The number of imidazole rings is 1. The third-order valence-electron chi connectivity index (χ3n) is 5.47. The Morgan fingerprint density at radius 2 is 1.40 bits per heavy atom. The van der Waals surface area contributed by atoms with Crippen LogP contribution in [0.15, 0.2) is 28.1 Å². The largest absolute Gasteiger partial charge is 0.323 e. The van der Waals surface area contributed by atoms with Gasteiger partial charge in [0, 0.05) is 21.5 Å². The molecular formula is C25H38Cl2N2S. The quantitative estimate of drug-likeness (QED) is 0.256. The number of aryl methyl sites for hydroxylation is 1. The van der Waals surface area contributed by atoms with E-state index in [1.807, 2.05) is 12.1 Å². The topological polar surface area (TPSA) is 17.8 Å². The molecule has 0 fully saturated rings. The maximum atomic E-state index is 6.22. The van der Waals surface area contributed by atoms with Gasteiger partial charge in [-0.3, -0.25) is 0 Å². The van der Waals surface area contributed by atoms with E-state index >= 15 is 0 Å². The van der Waals surface area contributed by atoms with Crippen LogP contribution >= 0.6 is 35.0 Å². The van der Waals surface area contributed by atoms with Crippen LogP contribution in [-0.2, 0) is 6.54 Å². The minimum atomic E-state index is 0.384. The lowest BCUT2D eigenvalue weighted by Crippen LogP contribution is -2.03. The van der Waals surface area contributed by atoms with E-state index in [0.29, 0.717) is 16.0 Å². The predicted octanol–water partition coefficient (Wildman–Crippen LogP) is 9.69. The second-order valence-corrected chi connectivity index (χ2v) is 10.5. The first-order chi connectivity index (χ1) is 14.4. The fourth-order valence-electron chi connectivity index (χ4n) is 3.77. The van der Waals surface area contributed by atoms with Crippen molar-refractivity contribution in [2.45, 2.75) is 114 Å². The average molecular weight is 470 g/mol. The Morgan fingerprint density at radius 3 is 1.93 bits per heavy atom. The molecule has 2 aromatic rings. The van der Waals surface area contributed by atoms with Crippen molar-refractivity contribution < 1.29 is 0 Å². The Bertz CT molecular complexity index is 750. The van der Waals surface area contributed by atoms with Gasteiger partial charge in [-0.25, -0.2) is 4.98 Å². The summed E-state index contributed by atoms with van der Waals surface area (Å²) in [7, 11) is 0. The monoisotopic (exact) mass is 468 g/mol. The molecule has 0 saturated heterocycles. The highest BCUT2D eigenvalue weighted by Gasteiger charge is 2.18. The summed E-state index contributed by atoms with van der Waals surface area (Å²) in [4.78, 5) is 5.96. The standard InChI is InChI=1S/C25H38Cl2N2S/c1-5-6-7-8-9-10-11-12-13-14-15-29-20(4)28-24(19(2)3)25(29)30-23-17-21(26)16-22(27)18-23/h16-19H,5-15H2,1-4H3. The van der Waals surface area contributed by atoms with Gasteiger partial charge >= 0.3 is 0 Å². The lowest BCUT2D eigenvalue weighted by molar-refractivity contribution is 0.518. The van der Waals surface area contributed by atoms with E-state index in [0.717, 1.165) is 17.3 Å². The van der Waals surface area contributed by atoms with Crippen LogP contribution in [0.25, 0.3) is 0 Å². The van der Waals surface area contributed by atoms with Crippen LogP contribution in [-0.4, -0.2) is 9.55 Å². The summed E-state index contributed by atoms with van der Waals surface area (Å²) >= 11 is 14.2. The minimum absolute atomic E-state index is 0.384. The zero-order valence-corrected chi connectivity index (χ0v) is 21.5. The molecule has 2 rings (SSSR count). The van der Waals surface area contributed by atoms with Gasteiger partial charge in [-0.1, -0.05) is 114 Å². The fraction of sp³-hybridized carbons (Fsp3) is 0.640. The molecule has 0 bridgehead atoms. The molecule has 1 aromatic carbocycles. The summed E-state index contributed by atoms with van der Waals surface area (Å²) in [5.41, 5.74) is 1.17. The Kier molecular flexibility index (Phi) is 11.7. The Labute approximate surface area is 198 Å². The Hall–Kier alpha value is -0.640. The van der Waals surface area contributed by atoms with Gasteiger partial charge in [0.15, 0.2) is 0 Å². The molecular weight excluding hydrogens is 431 g/mol. The second-order valence-electron chi connectivity index (χ2n) is 8.54. The maximum absolute atomic E-state index is 6.22. The summed E-state index contributed by atoms with van der Waals surface area (Å²) in [6, 6.07) is 5.74. The summed E-state index contributed by atoms with van der Waals surface area (Å²) < 4.78 is 2.39. The molecule has 0 spiro atoms. The smallest absolute Gasteiger partial charge is 0.106 e. The number of unbranched alkanes of at least 4 members (excludes halogenated alkanes) is 9. The van der Waals surface area contributed by atoms with Crippen LogP contribution < -0.4 is 0 Å².